The van der Waals surface area contributed by atoms with Gasteiger partial charge in [0, 0.05) is 19.0 Å². The molecule has 126 valence electrons. The van der Waals surface area contributed by atoms with Gasteiger partial charge in [-0.05, 0) is 19.6 Å². The molecule has 1 amide bonds. The van der Waals surface area contributed by atoms with E-state index in [1.165, 1.54) is 0 Å². The van der Waals surface area contributed by atoms with Gasteiger partial charge in [0.25, 0.3) is 0 Å². The van der Waals surface area contributed by atoms with Crippen LogP contribution in [0.4, 0.5) is 5.82 Å². The third kappa shape index (κ3) is 4.57. The van der Waals surface area contributed by atoms with Crippen molar-refractivity contribution in [3.8, 4) is 0 Å². The van der Waals surface area contributed by atoms with E-state index in [2.05, 4.69) is 46.5 Å². The zero-order valence-electron chi connectivity index (χ0n) is 14.1. The molecule has 0 fully saturated rings. The van der Waals surface area contributed by atoms with E-state index in [1.54, 1.807) is 18.0 Å². The van der Waals surface area contributed by atoms with Gasteiger partial charge in [-0.2, -0.15) is 5.10 Å². The Bertz CT molecular complexity index is 669. The predicted octanol–water partition coefficient (Wildman–Crippen LogP) is 2.28. The molecule has 0 radical (unpaired) electrons. The number of aromatic nitrogens is 4. The Labute approximate surface area is 140 Å². The molecule has 2 rings (SSSR count). The number of thioether (sulfide) groups is 1. The Balaban J connectivity index is 2.28. The maximum absolute atomic E-state index is 11.3. The smallest absolute Gasteiger partial charge is 0.219 e. The molecule has 2 N–H and O–H groups in total. The van der Waals surface area contributed by atoms with Crippen LogP contribution in [-0.2, 0) is 11.3 Å². The van der Waals surface area contributed by atoms with Crippen molar-refractivity contribution in [2.75, 3.05) is 17.6 Å². The number of nitrogens with zero attached hydrogens (tertiary/aromatic N) is 4. The summed E-state index contributed by atoms with van der Waals surface area (Å²) in [4.78, 5) is 20.5. The van der Waals surface area contributed by atoms with Crippen LogP contribution in [0.2, 0.25) is 0 Å². The molecule has 0 saturated heterocycles. The van der Waals surface area contributed by atoms with Gasteiger partial charge in [-0.25, -0.2) is 14.6 Å². The number of anilines is 1. The summed E-state index contributed by atoms with van der Waals surface area (Å²) in [6.07, 6.45) is 2.27. The molecule has 0 spiro atoms. The lowest BCUT2D eigenvalue weighted by Gasteiger charge is -2.11. The van der Waals surface area contributed by atoms with Crippen LogP contribution in [0.5, 0.6) is 0 Å². The average Bonchev–Trinajstić information content (AvgIpc) is 2.90. The molecule has 2 heterocycles. The number of nitrogens with one attached hydrogen (secondary N) is 2. The van der Waals surface area contributed by atoms with Crippen molar-refractivity contribution in [2.45, 2.75) is 51.9 Å². The summed E-state index contributed by atoms with van der Waals surface area (Å²) in [6, 6.07) is 0.278. The zero-order valence-corrected chi connectivity index (χ0v) is 14.9. The van der Waals surface area contributed by atoms with Crippen LogP contribution < -0.4 is 10.6 Å². The van der Waals surface area contributed by atoms with Gasteiger partial charge >= 0.3 is 0 Å². The van der Waals surface area contributed by atoms with E-state index < -0.39 is 0 Å². The highest BCUT2D eigenvalue weighted by atomic mass is 32.2. The molecule has 0 aliphatic heterocycles. The van der Waals surface area contributed by atoms with Gasteiger partial charge in [-0.15, -0.1) is 0 Å². The van der Waals surface area contributed by atoms with Gasteiger partial charge in [0.05, 0.1) is 18.1 Å². The van der Waals surface area contributed by atoms with Crippen molar-refractivity contribution in [1.29, 1.82) is 0 Å². The highest BCUT2D eigenvalue weighted by Gasteiger charge is 2.13. The molecule has 2 aromatic rings. The summed E-state index contributed by atoms with van der Waals surface area (Å²) in [5, 5.41) is 12.3. The summed E-state index contributed by atoms with van der Waals surface area (Å²) in [7, 11) is 0. The normalized spacial score (nSPS) is 11.2. The maximum atomic E-state index is 11.3. The summed E-state index contributed by atoms with van der Waals surface area (Å²) in [6.45, 7) is 9.19. The number of rotatable bonds is 8. The second-order valence-electron chi connectivity index (χ2n) is 5.40. The Kier molecular flexibility index (Phi) is 6.20. The van der Waals surface area contributed by atoms with Crippen molar-refractivity contribution in [2.24, 2.45) is 0 Å². The number of carbonyl (C=O) groups is 1. The lowest BCUT2D eigenvalue weighted by Crippen LogP contribution is -2.26. The summed E-state index contributed by atoms with van der Waals surface area (Å²) >= 11 is 1.60. The van der Waals surface area contributed by atoms with Crippen LogP contribution in [0, 0.1) is 0 Å². The topological polar surface area (TPSA) is 84.7 Å². The number of hydrogen-bond acceptors (Lipinski definition) is 6. The van der Waals surface area contributed by atoms with Gasteiger partial charge in [0.1, 0.15) is 5.82 Å². The molecule has 0 bridgehead atoms. The van der Waals surface area contributed by atoms with Crippen LogP contribution in [0.25, 0.3) is 11.0 Å². The molecular formula is C15H24N6OS. The van der Waals surface area contributed by atoms with E-state index in [1.807, 2.05) is 11.6 Å². The molecule has 0 saturated carbocycles. The summed E-state index contributed by atoms with van der Waals surface area (Å²) < 4.78 is 1.82. The van der Waals surface area contributed by atoms with Crippen LogP contribution >= 0.6 is 11.8 Å². The van der Waals surface area contributed by atoms with Crippen LogP contribution in [0.3, 0.4) is 0 Å². The third-order valence-electron chi connectivity index (χ3n) is 3.14. The van der Waals surface area contributed by atoms with Crippen molar-refractivity contribution >= 4 is 34.5 Å². The van der Waals surface area contributed by atoms with E-state index in [0.717, 1.165) is 27.8 Å². The fourth-order valence-corrected chi connectivity index (χ4v) is 2.67. The first-order valence-corrected chi connectivity index (χ1v) is 8.93. The fraction of sp³-hybridized carbons (Fsp3) is 0.600. The largest absolute Gasteiger partial charge is 0.367 e. The van der Waals surface area contributed by atoms with Crippen molar-refractivity contribution < 1.29 is 4.79 Å². The molecule has 23 heavy (non-hydrogen) atoms. The van der Waals surface area contributed by atoms with Gasteiger partial charge < -0.3 is 10.6 Å². The molecule has 0 atom stereocenters. The Morgan fingerprint density at radius 1 is 1.35 bits per heavy atom. The molecule has 7 nitrogen and oxygen atoms in total. The zero-order chi connectivity index (χ0) is 16.8. The van der Waals surface area contributed by atoms with E-state index in [4.69, 9.17) is 0 Å². The lowest BCUT2D eigenvalue weighted by atomic mass is 10.3. The number of fused-ring (bicyclic) bond motifs is 1. The number of amides is 1. The Morgan fingerprint density at radius 2 is 2.13 bits per heavy atom. The average molecular weight is 336 g/mol. The first kappa shape index (κ1) is 17.5. The quantitative estimate of drug-likeness (QED) is 0.568. The molecule has 0 aliphatic rings. The minimum absolute atomic E-state index is 0.0421. The first-order chi connectivity index (χ1) is 11.0. The molecule has 8 heteroatoms. The monoisotopic (exact) mass is 336 g/mol. The molecule has 2 aromatic heterocycles. The Hall–Kier alpha value is -1.83. The third-order valence-corrected chi connectivity index (χ3v) is 3.87. The molecule has 0 aliphatic carbocycles. The number of carbonyl (C=O) groups excluding carboxylic acids is 1. The van der Waals surface area contributed by atoms with Gasteiger partial charge in [0.15, 0.2) is 10.8 Å². The van der Waals surface area contributed by atoms with Crippen molar-refractivity contribution in [3.63, 3.8) is 0 Å². The molecule has 0 unspecified atom stereocenters. The van der Waals surface area contributed by atoms with Gasteiger partial charge in [-0.3, -0.25) is 4.79 Å². The second kappa shape index (κ2) is 8.14. The minimum atomic E-state index is 0.0421. The molecule has 0 aromatic carbocycles. The second-order valence-corrected chi connectivity index (χ2v) is 6.63. The number of hydrogen-bond donors (Lipinski definition) is 2. The first-order valence-electron chi connectivity index (χ1n) is 7.94. The summed E-state index contributed by atoms with van der Waals surface area (Å²) in [5.41, 5.74) is 0.796. The fourth-order valence-electron chi connectivity index (χ4n) is 2.10. The van der Waals surface area contributed by atoms with Crippen molar-refractivity contribution in [3.05, 3.63) is 6.20 Å². The van der Waals surface area contributed by atoms with Gasteiger partial charge in [-0.1, -0.05) is 25.6 Å². The standard InChI is InChI=1S/C15H24N6OS/c1-5-12(22)16-7-8-21-14-11(9-17-21)13(18-10(3)4)19-15(20-14)23-6-2/h9-10H,5-8H2,1-4H3,(H,16,22)(H,18,19,20). The highest BCUT2D eigenvalue weighted by Crippen LogP contribution is 2.24. The van der Waals surface area contributed by atoms with Crippen LogP contribution in [0.15, 0.2) is 11.4 Å². The van der Waals surface area contributed by atoms with E-state index in [9.17, 15) is 4.79 Å². The van der Waals surface area contributed by atoms with Crippen molar-refractivity contribution in [1.82, 2.24) is 25.1 Å². The van der Waals surface area contributed by atoms with Crippen LogP contribution in [-0.4, -0.2) is 44.0 Å². The lowest BCUT2D eigenvalue weighted by molar-refractivity contribution is -0.120. The molecular weight excluding hydrogens is 312 g/mol. The highest BCUT2D eigenvalue weighted by molar-refractivity contribution is 7.99. The van der Waals surface area contributed by atoms with E-state index >= 15 is 0 Å². The SMILES string of the molecule is CCSc1nc(NC(C)C)c2cnn(CCNC(=O)CC)c2n1. The Morgan fingerprint density at radius 3 is 2.78 bits per heavy atom. The predicted molar refractivity (Wildman–Crippen MR) is 93.8 cm³/mol. The minimum Gasteiger partial charge on any atom is -0.367 e. The summed E-state index contributed by atoms with van der Waals surface area (Å²) in [5.74, 6) is 1.76. The van der Waals surface area contributed by atoms with Gasteiger partial charge in [0.2, 0.25) is 5.91 Å². The van der Waals surface area contributed by atoms with E-state index in [-0.39, 0.29) is 11.9 Å². The van der Waals surface area contributed by atoms with Crippen LogP contribution in [0.1, 0.15) is 34.1 Å². The van der Waals surface area contributed by atoms with E-state index in [0.29, 0.717) is 19.5 Å². The maximum Gasteiger partial charge on any atom is 0.219 e.